The summed E-state index contributed by atoms with van der Waals surface area (Å²) in [4.78, 5) is 14.2. The van der Waals surface area contributed by atoms with Gasteiger partial charge in [0.25, 0.3) is 0 Å². The fourth-order valence-electron chi connectivity index (χ4n) is 2.38. The van der Waals surface area contributed by atoms with Crippen molar-refractivity contribution in [3.63, 3.8) is 0 Å². The number of aromatic carboxylic acids is 1. The predicted octanol–water partition coefficient (Wildman–Crippen LogP) is 2.57. The monoisotopic (exact) mass is 271 g/mol. The van der Waals surface area contributed by atoms with Crippen molar-refractivity contribution < 1.29 is 14.6 Å². The lowest BCUT2D eigenvalue weighted by atomic mass is 10.1. The Morgan fingerprint density at radius 2 is 2.20 bits per heavy atom. The fourth-order valence-corrected chi connectivity index (χ4v) is 2.38. The molecule has 102 valence electrons. The van der Waals surface area contributed by atoms with Crippen LogP contribution in [-0.4, -0.2) is 33.4 Å². The Kier molecular flexibility index (Phi) is 2.71. The second kappa shape index (κ2) is 4.41. The van der Waals surface area contributed by atoms with Crippen LogP contribution in [0, 0.1) is 6.92 Å². The van der Waals surface area contributed by atoms with Gasteiger partial charge in [-0.2, -0.15) is 5.10 Å². The average Bonchev–Trinajstić information content (AvgIpc) is 3.01. The topological polar surface area (TPSA) is 91.0 Å². The van der Waals surface area contributed by atoms with Gasteiger partial charge in [0.2, 0.25) is 0 Å². The van der Waals surface area contributed by atoms with Crippen molar-refractivity contribution in [3.8, 4) is 17.0 Å². The van der Waals surface area contributed by atoms with E-state index in [4.69, 9.17) is 9.84 Å². The zero-order valence-electron chi connectivity index (χ0n) is 11.0. The van der Waals surface area contributed by atoms with E-state index in [2.05, 4.69) is 15.2 Å². The van der Waals surface area contributed by atoms with E-state index in [-0.39, 0.29) is 5.69 Å². The van der Waals surface area contributed by atoms with E-state index < -0.39 is 5.97 Å². The van der Waals surface area contributed by atoms with Crippen molar-refractivity contribution in [2.24, 2.45) is 0 Å². The van der Waals surface area contributed by atoms with Gasteiger partial charge in [0, 0.05) is 16.6 Å². The van der Waals surface area contributed by atoms with Gasteiger partial charge in [-0.3, -0.25) is 5.10 Å². The lowest BCUT2D eigenvalue weighted by Crippen LogP contribution is -1.95. The van der Waals surface area contributed by atoms with E-state index in [0.29, 0.717) is 5.69 Å². The van der Waals surface area contributed by atoms with Crippen molar-refractivity contribution >= 4 is 16.9 Å². The molecule has 3 rings (SSSR count). The maximum Gasteiger partial charge on any atom is 0.353 e. The standard InChI is InChI=1S/C14H13N3O3/c1-7-12(9-6-10(14(18)19)17-16-9)8-4-3-5-11(20-2)13(8)15-7/h3-6,15H,1-2H3,(H,16,17)(H,18,19). The Balaban J connectivity index is 2.25. The molecule has 0 aliphatic carbocycles. The second-order valence-electron chi connectivity index (χ2n) is 4.48. The zero-order valence-corrected chi connectivity index (χ0v) is 11.0. The number of carbonyl (C=O) groups is 1. The molecule has 0 radical (unpaired) electrons. The number of aryl methyl sites for hydroxylation is 1. The van der Waals surface area contributed by atoms with Crippen LogP contribution in [0.5, 0.6) is 5.75 Å². The van der Waals surface area contributed by atoms with Crippen LogP contribution in [0.15, 0.2) is 24.3 Å². The number of nitrogens with one attached hydrogen (secondary N) is 2. The highest BCUT2D eigenvalue weighted by molar-refractivity contribution is 6.00. The summed E-state index contributed by atoms with van der Waals surface area (Å²) in [6.07, 6.45) is 0. The Labute approximate surface area is 114 Å². The third-order valence-electron chi connectivity index (χ3n) is 3.27. The van der Waals surface area contributed by atoms with Gasteiger partial charge in [0.15, 0.2) is 0 Å². The predicted molar refractivity (Wildman–Crippen MR) is 74.1 cm³/mol. The number of fused-ring (bicyclic) bond motifs is 1. The summed E-state index contributed by atoms with van der Waals surface area (Å²) in [6.45, 7) is 1.92. The minimum Gasteiger partial charge on any atom is -0.495 e. The van der Waals surface area contributed by atoms with E-state index in [1.54, 1.807) is 7.11 Å². The molecule has 2 heterocycles. The van der Waals surface area contributed by atoms with E-state index in [9.17, 15) is 4.79 Å². The number of rotatable bonds is 3. The van der Waals surface area contributed by atoms with Crippen LogP contribution in [0.3, 0.4) is 0 Å². The van der Waals surface area contributed by atoms with Crippen LogP contribution in [-0.2, 0) is 0 Å². The number of methoxy groups -OCH3 is 1. The first-order valence-electron chi connectivity index (χ1n) is 6.06. The normalized spacial score (nSPS) is 10.9. The number of aromatic amines is 2. The van der Waals surface area contributed by atoms with E-state index >= 15 is 0 Å². The maximum atomic E-state index is 10.9. The second-order valence-corrected chi connectivity index (χ2v) is 4.48. The number of H-pyrrole nitrogens is 2. The van der Waals surface area contributed by atoms with Gasteiger partial charge >= 0.3 is 5.97 Å². The van der Waals surface area contributed by atoms with Crippen LogP contribution in [0.25, 0.3) is 22.2 Å². The largest absolute Gasteiger partial charge is 0.495 e. The highest BCUT2D eigenvalue weighted by atomic mass is 16.5. The SMILES string of the molecule is COc1cccc2c(-c3cc(C(=O)O)[nH]n3)c(C)[nH]c12. The molecule has 20 heavy (non-hydrogen) atoms. The van der Waals surface area contributed by atoms with Gasteiger partial charge in [-0.25, -0.2) is 4.79 Å². The van der Waals surface area contributed by atoms with Crippen LogP contribution >= 0.6 is 0 Å². The molecule has 0 atom stereocenters. The van der Waals surface area contributed by atoms with Crippen LogP contribution < -0.4 is 4.74 Å². The Hall–Kier alpha value is -2.76. The van der Waals surface area contributed by atoms with Crippen molar-refractivity contribution in [1.29, 1.82) is 0 Å². The molecule has 0 saturated heterocycles. The first-order chi connectivity index (χ1) is 9.61. The summed E-state index contributed by atoms with van der Waals surface area (Å²) in [5, 5.41) is 16.5. The maximum absolute atomic E-state index is 10.9. The minimum absolute atomic E-state index is 0.0663. The average molecular weight is 271 g/mol. The minimum atomic E-state index is -1.03. The van der Waals surface area contributed by atoms with E-state index in [1.807, 2.05) is 25.1 Å². The van der Waals surface area contributed by atoms with Crippen LogP contribution in [0.1, 0.15) is 16.2 Å². The molecule has 0 saturated carbocycles. The molecule has 3 aromatic rings. The third-order valence-corrected chi connectivity index (χ3v) is 3.27. The number of para-hydroxylation sites is 1. The van der Waals surface area contributed by atoms with Gasteiger partial charge in [-0.05, 0) is 19.1 Å². The molecule has 0 bridgehead atoms. The molecule has 0 fully saturated rings. The molecule has 6 heteroatoms. The molecular formula is C14H13N3O3. The highest BCUT2D eigenvalue weighted by Crippen LogP contribution is 2.35. The molecule has 1 aromatic carbocycles. The molecular weight excluding hydrogens is 258 g/mol. The van der Waals surface area contributed by atoms with Crippen molar-refractivity contribution in [2.75, 3.05) is 7.11 Å². The summed E-state index contributed by atoms with van der Waals surface area (Å²) >= 11 is 0. The summed E-state index contributed by atoms with van der Waals surface area (Å²) in [7, 11) is 1.61. The number of aromatic nitrogens is 3. The quantitative estimate of drug-likeness (QED) is 0.682. The summed E-state index contributed by atoms with van der Waals surface area (Å²) in [5.74, 6) is -0.287. The van der Waals surface area contributed by atoms with E-state index in [0.717, 1.165) is 27.9 Å². The first kappa shape index (κ1) is 12.3. The molecule has 0 unspecified atom stereocenters. The number of benzene rings is 1. The summed E-state index contributed by atoms with van der Waals surface area (Å²) < 4.78 is 5.32. The molecule has 3 N–H and O–H groups in total. The van der Waals surface area contributed by atoms with Crippen molar-refractivity contribution in [1.82, 2.24) is 15.2 Å². The molecule has 0 amide bonds. The number of nitrogens with zero attached hydrogens (tertiary/aromatic N) is 1. The molecule has 2 aromatic heterocycles. The van der Waals surface area contributed by atoms with Gasteiger partial charge in [0.05, 0.1) is 18.3 Å². The Bertz CT molecular complexity index is 801. The zero-order chi connectivity index (χ0) is 14.3. The lowest BCUT2D eigenvalue weighted by Gasteiger charge is -2.00. The number of ether oxygens (including phenoxy) is 1. The Morgan fingerprint density at radius 3 is 2.85 bits per heavy atom. The van der Waals surface area contributed by atoms with Gasteiger partial charge in [-0.15, -0.1) is 0 Å². The number of hydrogen-bond acceptors (Lipinski definition) is 3. The van der Waals surface area contributed by atoms with Crippen molar-refractivity contribution in [3.05, 3.63) is 35.7 Å². The lowest BCUT2D eigenvalue weighted by molar-refractivity contribution is 0.0690. The summed E-state index contributed by atoms with van der Waals surface area (Å²) in [5.41, 5.74) is 3.33. The number of carboxylic acids is 1. The van der Waals surface area contributed by atoms with Gasteiger partial charge in [0.1, 0.15) is 11.4 Å². The number of carboxylic acid groups (broad SMARTS) is 1. The fraction of sp³-hybridized carbons (Fsp3) is 0.143. The van der Waals surface area contributed by atoms with E-state index in [1.165, 1.54) is 6.07 Å². The molecule has 0 aliphatic rings. The van der Waals surface area contributed by atoms with Gasteiger partial charge < -0.3 is 14.8 Å². The highest BCUT2D eigenvalue weighted by Gasteiger charge is 2.17. The smallest absolute Gasteiger partial charge is 0.353 e. The summed E-state index contributed by atoms with van der Waals surface area (Å²) in [6, 6.07) is 7.24. The number of hydrogen-bond donors (Lipinski definition) is 3. The first-order valence-corrected chi connectivity index (χ1v) is 6.06. The molecule has 0 spiro atoms. The Morgan fingerprint density at radius 1 is 1.40 bits per heavy atom. The van der Waals surface area contributed by atoms with Crippen LogP contribution in [0.4, 0.5) is 0 Å². The van der Waals surface area contributed by atoms with Crippen molar-refractivity contribution in [2.45, 2.75) is 6.92 Å². The molecule has 6 nitrogen and oxygen atoms in total. The van der Waals surface area contributed by atoms with Crippen LogP contribution in [0.2, 0.25) is 0 Å². The third kappa shape index (κ3) is 1.73. The molecule has 0 aliphatic heterocycles. The van der Waals surface area contributed by atoms with Gasteiger partial charge in [-0.1, -0.05) is 12.1 Å².